The Kier molecular flexibility index (Phi) is 4.79. The third kappa shape index (κ3) is 6.62. The van der Waals surface area contributed by atoms with Gasteiger partial charge in [-0.3, -0.25) is 4.55 Å². The van der Waals surface area contributed by atoms with Crippen LogP contribution in [0.3, 0.4) is 0 Å². The number of carbonyl (C=O) groups is 1. The van der Waals surface area contributed by atoms with E-state index in [-0.39, 0.29) is 23.7 Å². The molecule has 6 heteroatoms. The molecule has 0 aliphatic rings. The maximum Gasteiger partial charge on any atom is 0.330 e. The summed E-state index contributed by atoms with van der Waals surface area (Å²) < 4.78 is 29.4. The lowest BCUT2D eigenvalue weighted by Gasteiger charge is -2.08. The molecule has 0 aromatic carbocycles. The van der Waals surface area contributed by atoms with Crippen LogP contribution in [0.5, 0.6) is 0 Å². The van der Waals surface area contributed by atoms with Gasteiger partial charge < -0.3 is 5.11 Å². The molecule has 0 aliphatic heterocycles. The van der Waals surface area contributed by atoms with Crippen LogP contribution in [0, 0.1) is 5.92 Å². The van der Waals surface area contributed by atoms with Crippen LogP contribution in [0.1, 0.15) is 19.8 Å². The van der Waals surface area contributed by atoms with E-state index >= 15 is 0 Å². The van der Waals surface area contributed by atoms with Crippen molar-refractivity contribution in [3.63, 3.8) is 0 Å². The highest BCUT2D eigenvalue weighted by Crippen LogP contribution is 2.12. The Morgan fingerprint density at radius 2 is 2.00 bits per heavy atom. The van der Waals surface area contributed by atoms with Gasteiger partial charge in [-0.1, -0.05) is 13.5 Å². The molecule has 5 nitrogen and oxygen atoms in total. The monoisotopic (exact) mass is 222 g/mol. The first kappa shape index (κ1) is 13.1. The molecule has 0 saturated heterocycles. The van der Waals surface area contributed by atoms with Crippen molar-refractivity contribution < 1.29 is 22.9 Å². The average molecular weight is 222 g/mol. The molecule has 14 heavy (non-hydrogen) atoms. The van der Waals surface area contributed by atoms with Crippen molar-refractivity contribution in [2.24, 2.45) is 5.92 Å². The Balaban J connectivity index is 3.92. The summed E-state index contributed by atoms with van der Waals surface area (Å²) in [4.78, 5) is 10.3. The maximum atomic E-state index is 10.4. The topological polar surface area (TPSA) is 91.7 Å². The molecule has 0 spiro atoms. The Labute approximate surface area is 83.2 Å². The molecule has 0 aromatic heterocycles. The molecule has 0 rings (SSSR count). The summed E-state index contributed by atoms with van der Waals surface area (Å²) in [6, 6.07) is 0. The van der Waals surface area contributed by atoms with E-state index < -0.39 is 16.1 Å². The van der Waals surface area contributed by atoms with E-state index in [9.17, 15) is 13.2 Å². The van der Waals surface area contributed by atoms with Crippen molar-refractivity contribution >= 4 is 16.1 Å². The van der Waals surface area contributed by atoms with Crippen molar-refractivity contribution in [1.29, 1.82) is 0 Å². The minimum absolute atomic E-state index is 0.0483. The lowest BCUT2D eigenvalue weighted by atomic mass is 10.0. The predicted molar refractivity (Wildman–Crippen MR) is 51.6 cm³/mol. The number of hydrogen-bond donors (Lipinski definition) is 2. The second kappa shape index (κ2) is 5.11. The van der Waals surface area contributed by atoms with E-state index in [1.807, 2.05) is 0 Å². The van der Waals surface area contributed by atoms with Gasteiger partial charge in [-0.05, 0) is 18.8 Å². The SMILES string of the molecule is C=C(CCC(C)CS(=O)(=O)O)C(=O)O. The zero-order valence-corrected chi connectivity index (χ0v) is 8.75. The van der Waals surface area contributed by atoms with Crippen molar-refractivity contribution in [2.45, 2.75) is 19.8 Å². The van der Waals surface area contributed by atoms with Gasteiger partial charge in [0, 0.05) is 5.57 Å². The maximum absolute atomic E-state index is 10.4. The molecule has 0 aliphatic carbocycles. The van der Waals surface area contributed by atoms with Gasteiger partial charge in [0.25, 0.3) is 10.1 Å². The number of carboxylic acids is 1. The van der Waals surface area contributed by atoms with Gasteiger partial charge in [0.05, 0.1) is 5.75 Å². The first-order valence-corrected chi connectivity index (χ1v) is 5.69. The van der Waals surface area contributed by atoms with Gasteiger partial charge in [-0.2, -0.15) is 8.42 Å². The zero-order chi connectivity index (χ0) is 11.4. The Morgan fingerprint density at radius 1 is 1.50 bits per heavy atom. The molecule has 0 radical (unpaired) electrons. The van der Waals surface area contributed by atoms with Crippen LogP contribution in [-0.4, -0.2) is 29.8 Å². The first-order valence-electron chi connectivity index (χ1n) is 4.08. The van der Waals surface area contributed by atoms with Crippen LogP contribution in [-0.2, 0) is 14.9 Å². The normalized spacial score (nSPS) is 13.6. The molecule has 0 fully saturated rings. The average Bonchev–Trinajstić information content (AvgIpc) is 1.96. The fourth-order valence-corrected chi connectivity index (χ4v) is 1.86. The van der Waals surface area contributed by atoms with E-state index in [0.717, 1.165) is 0 Å². The fourth-order valence-electron chi connectivity index (χ4n) is 0.970. The standard InChI is InChI=1S/C8H14O5S/c1-6(5-14(11,12)13)3-4-7(2)8(9)10/h6H,2-5H2,1H3,(H,9,10)(H,11,12,13). The van der Waals surface area contributed by atoms with Crippen molar-refractivity contribution in [1.82, 2.24) is 0 Å². The highest BCUT2D eigenvalue weighted by Gasteiger charge is 2.13. The molecule has 0 bridgehead atoms. The van der Waals surface area contributed by atoms with Crippen LogP contribution in [0.15, 0.2) is 12.2 Å². The summed E-state index contributed by atoms with van der Waals surface area (Å²) in [5.74, 6) is -1.70. The molecule has 0 aromatic rings. The van der Waals surface area contributed by atoms with Crippen molar-refractivity contribution in [3.05, 3.63) is 12.2 Å². The summed E-state index contributed by atoms with van der Waals surface area (Å²) >= 11 is 0. The summed E-state index contributed by atoms with van der Waals surface area (Å²) in [6.07, 6.45) is 0.608. The highest BCUT2D eigenvalue weighted by molar-refractivity contribution is 7.85. The molecular formula is C8H14O5S. The van der Waals surface area contributed by atoms with Crippen LogP contribution < -0.4 is 0 Å². The minimum atomic E-state index is -3.97. The molecule has 1 unspecified atom stereocenters. The van der Waals surface area contributed by atoms with E-state index in [4.69, 9.17) is 9.66 Å². The Hall–Kier alpha value is -0.880. The van der Waals surface area contributed by atoms with Gasteiger partial charge in [-0.25, -0.2) is 4.79 Å². The van der Waals surface area contributed by atoms with Gasteiger partial charge in [0.15, 0.2) is 0 Å². The third-order valence-corrected chi connectivity index (χ3v) is 2.73. The molecule has 0 heterocycles. The van der Waals surface area contributed by atoms with Gasteiger partial charge >= 0.3 is 5.97 Å². The Morgan fingerprint density at radius 3 is 2.36 bits per heavy atom. The summed E-state index contributed by atoms with van der Waals surface area (Å²) in [5.41, 5.74) is 0.0483. The lowest BCUT2D eigenvalue weighted by molar-refractivity contribution is -0.132. The van der Waals surface area contributed by atoms with E-state index in [0.29, 0.717) is 6.42 Å². The largest absolute Gasteiger partial charge is 0.478 e. The lowest BCUT2D eigenvalue weighted by Crippen LogP contribution is -2.13. The number of aliphatic carboxylic acids is 1. The molecule has 82 valence electrons. The fraction of sp³-hybridized carbons (Fsp3) is 0.625. The predicted octanol–water partition coefficient (Wildman–Crippen LogP) is 0.931. The molecule has 1 atom stereocenters. The highest BCUT2D eigenvalue weighted by atomic mass is 32.2. The van der Waals surface area contributed by atoms with E-state index in [1.54, 1.807) is 6.92 Å². The van der Waals surface area contributed by atoms with Crippen LogP contribution >= 0.6 is 0 Å². The van der Waals surface area contributed by atoms with Gasteiger partial charge in [-0.15, -0.1) is 0 Å². The quantitative estimate of drug-likeness (QED) is 0.515. The summed E-state index contributed by atoms with van der Waals surface area (Å²) in [5, 5.41) is 8.46. The van der Waals surface area contributed by atoms with Crippen LogP contribution in [0.2, 0.25) is 0 Å². The van der Waals surface area contributed by atoms with E-state index in [2.05, 4.69) is 6.58 Å². The molecule has 2 N–H and O–H groups in total. The Bertz CT molecular complexity index is 317. The third-order valence-electron chi connectivity index (χ3n) is 1.74. The van der Waals surface area contributed by atoms with E-state index in [1.165, 1.54) is 0 Å². The number of rotatable bonds is 6. The molecular weight excluding hydrogens is 208 g/mol. The molecule has 0 amide bonds. The number of carboxylic acid groups (broad SMARTS) is 1. The smallest absolute Gasteiger partial charge is 0.330 e. The zero-order valence-electron chi connectivity index (χ0n) is 7.93. The van der Waals surface area contributed by atoms with Gasteiger partial charge in [0.2, 0.25) is 0 Å². The van der Waals surface area contributed by atoms with Crippen molar-refractivity contribution in [3.8, 4) is 0 Å². The summed E-state index contributed by atoms with van der Waals surface area (Å²) in [6.45, 7) is 4.94. The second-order valence-corrected chi connectivity index (χ2v) is 4.80. The molecule has 0 saturated carbocycles. The minimum Gasteiger partial charge on any atom is -0.478 e. The van der Waals surface area contributed by atoms with Crippen molar-refractivity contribution in [2.75, 3.05) is 5.75 Å². The first-order chi connectivity index (χ1) is 6.22. The second-order valence-electron chi connectivity index (χ2n) is 3.30. The summed E-state index contributed by atoms with van der Waals surface area (Å²) in [7, 11) is -3.97. The van der Waals surface area contributed by atoms with Crippen LogP contribution in [0.25, 0.3) is 0 Å². The van der Waals surface area contributed by atoms with Crippen LogP contribution in [0.4, 0.5) is 0 Å². The van der Waals surface area contributed by atoms with Gasteiger partial charge in [0.1, 0.15) is 0 Å². The number of hydrogen-bond acceptors (Lipinski definition) is 3.